The Morgan fingerprint density at radius 3 is 2.62 bits per heavy atom. The summed E-state index contributed by atoms with van der Waals surface area (Å²) in [4.78, 5) is 11.7. The van der Waals surface area contributed by atoms with Gasteiger partial charge < -0.3 is 10.6 Å². The molecule has 2 N–H and O–H groups in total. The molecule has 1 amide bonds. The molecule has 21 heavy (non-hydrogen) atoms. The largest absolute Gasteiger partial charge is 0.416 e. The van der Waals surface area contributed by atoms with Crippen molar-refractivity contribution < 1.29 is 18.0 Å². The molecule has 1 aliphatic rings. The first kappa shape index (κ1) is 15.7. The van der Waals surface area contributed by atoms with Crippen molar-refractivity contribution in [3.8, 4) is 0 Å². The zero-order chi connectivity index (χ0) is 15.3. The van der Waals surface area contributed by atoms with Crippen molar-refractivity contribution in [3.05, 3.63) is 29.8 Å². The number of nitrogens with one attached hydrogen (secondary N) is 2. The third-order valence-corrected chi connectivity index (χ3v) is 3.59. The molecule has 1 aliphatic carbocycles. The lowest BCUT2D eigenvalue weighted by Crippen LogP contribution is -2.33. The van der Waals surface area contributed by atoms with E-state index >= 15 is 0 Å². The quantitative estimate of drug-likeness (QED) is 0.873. The first-order valence-corrected chi connectivity index (χ1v) is 7.15. The summed E-state index contributed by atoms with van der Waals surface area (Å²) in [5.74, 6) is -0.0543. The highest BCUT2D eigenvalue weighted by atomic mass is 19.4. The van der Waals surface area contributed by atoms with Gasteiger partial charge in [0.15, 0.2) is 0 Å². The van der Waals surface area contributed by atoms with Crippen LogP contribution >= 0.6 is 0 Å². The lowest BCUT2D eigenvalue weighted by atomic mass is 10.2. The summed E-state index contributed by atoms with van der Waals surface area (Å²) < 4.78 is 37.7. The van der Waals surface area contributed by atoms with Crippen LogP contribution in [0.15, 0.2) is 24.3 Å². The molecule has 0 saturated heterocycles. The second-order valence-electron chi connectivity index (χ2n) is 5.30. The standard InChI is InChI=1S/C15H19F3N2O/c16-15(17,18)11-4-3-7-13(10-11)19-9-8-14(21)20-12-5-1-2-6-12/h3-4,7,10,12,19H,1-2,5-6,8-9H2,(H,20,21). The Labute approximate surface area is 121 Å². The molecule has 0 aliphatic heterocycles. The van der Waals surface area contributed by atoms with Crippen molar-refractivity contribution in [1.29, 1.82) is 0 Å². The van der Waals surface area contributed by atoms with E-state index < -0.39 is 11.7 Å². The van der Waals surface area contributed by atoms with Crippen molar-refractivity contribution in [1.82, 2.24) is 5.32 Å². The Morgan fingerprint density at radius 2 is 1.95 bits per heavy atom. The van der Waals surface area contributed by atoms with Gasteiger partial charge in [-0.1, -0.05) is 18.9 Å². The SMILES string of the molecule is O=C(CCNc1cccc(C(F)(F)F)c1)NC1CCCC1. The fourth-order valence-corrected chi connectivity index (χ4v) is 2.50. The van der Waals surface area contributed by atoms with E-state index in [0.29, 0.717) is 12.2 Å². The molecule has 0 bridgehead atoms. The third kappa shape index (κ3) is 4.95. The summed E-state index contributed by atoms with van der Waals surface area (Å²) >= 11 is 0. The van der Waals surface area contributed by atoms with Crippen molar-refractivity contribution in [2.45, 2.75) is 44.3 Å². The van der Waals surface area contributed by atoms with Crippen LogP contribution in [0.5, 0.6) is 0 Å². The highest BCUT2D eigenvalue weighted by Gasteiger charge is 2.30. The number of carbonyl (C=O) groups excluding carboxylic acids is 1. The van der Waals surface area contributed by atoms with Gasteiger partial charge in [0, 0.05) is 24.7 Å². The summed E-state index contributed by atoms with van der Waals surface area (Å²) in [6.45, 7) is 0.319. The van der Waals surface area contributed by atoms with E-state index in [2.05, 4.69) is 10.6 Å². The Morgan fingerprint density at radius 1 is 1.24 bits per heavy atom. The minimum Gasteiger partial charge on any atom is -0.385 e. The number of anilines is 1. The lowest BCUT2D eigenvalue weighted by Gasteiger charge is -2.13. The molecule has 0 unspecified atom stereocenters. The molecule has 116 valence electrons. The van der Waals surface area contributed by atoms with Gasteiger partial charge in [0.2, 0.25) is 5.91 Å². The zero-order valence-corrected chi connectivity index (χ0v) is 11.7. The maximum atomic E-state index is 12.6. The maximum Gasteiger partial charge on any atom is 0.416 e. The van der Waals surface area contributed by atoms with Gasteiger partial charge >= 0.3 is 6.18 Å². The Kier molecular flexibility index (Phi) is 5.09. The zero-order valence-electron chi connectivity index (χ0n) is 11.7. The molecule has 1 fully saturated rings. The van der Waals surface area contributed by atoms with E-state index in [9.17, 15) is 18.0 Å². The third-order valence-electron chi connectivity index (χ3n) is 3.59. The van der Waals surface area contributed by atoms with Crippen LogP contribution < -0.4 is 10.6 Å². The molecule has 1 aromatic carbocycles. The molecule has 0 atom stereocenters. The van der Waals surface area contributed by atoms with Gasteiger partial charge in [0.05, 0.1) is 5.56 Å². The normalized spacial score (nSPS) is 16.0. The summed E-state index contributed by atoms with van der Waals surface area (Å²) in [6.07, 6.45) is 0.241. The van der Waals surface area contributed by atoms with E-state index in [-0.39, 0.29) is 18.4 Å². The van der Waals surface area contributed by atoms with Crippen LogP contribution in [0, 0.1) is 0 Å². The van der Waals surface area contributed by atoms with E-state index in [1.54, 1.807) is 6.07 Å². The van der Waals surface area contributed by atoms with Crippen LogP contribution in [0.1, 0.15) is 37.7 Å². The van der Waals surface area contributed by atoms with Gasteiger partial charge in [-0.25, -0.2) is 0 Å². The summed E-state index contributed by atoms with van der Waals surface area (Å²) in [5, 5.41) is 5.79. The van der Waals surface area contributed by atoms with Crippen LogP contribution in [-0.4, -0.2) is 18.5 Å². The number of amides is 1. The second kappa shape index (κ2) is 6.83. The average molecular weight is 300 g/mol. The average Bonchev–Trinajstić information content (AvgIpc) is 2.91. The summed E-state index contributed by atoms with van der Waals surface area (Å²) in [5.41, 5.74) is -0.318. The van der Waals surface area contributed by atoms with Gasteiger partial charge in [-0.2, -0.15) is 13.2 Å². The van der Waals surface area contributed by atoms with E-state index in [4.69, 9.17) is 0 Å². The van der Waals surface area contributed by atoms with Crippen LogP contribution in [0.2, 0.25) is 0 Å². The first-order chi connectivity index (χ1) is 9.95. The number of alkyl halides is 3. The number of halogens is 3. The Hall–Kier alpha value is -1.72. The molecule has 0 heterocycles. The molecule has 3 nitrogen and oxygen atoms in total. The maximum absolute atomic E-state index is 12.6. The van der Waals surface area contributed by atoms with E-state index in [1.165, 1.54) is 6.07 Å². The molecular formula is C15H19F3N2O. The van der Waals surface area contributed by atoms with Gasteiger partial charge in [0.1, 0.15) is 0 Å². The van der Waals surface area contributed by atoms with Gasteiger partial charge in [-0.05, 0) is 31.0 Å². The van der Waals surface area contributed by atoms with E-state index in [1.807, 2.05) is 0 Å². The summed E-state index contributed by atoms with van der Waals surface area (Å²) in [6, 6.07) is 5.26. The number of benzene rings is 1. The minimum atomic E-state index is -4.35. The van der Waals surface area contributed by atoms with Crippen molar-refractivity contribution in [2.24, 2.45) is 0 Å². The molecule has 0 aromatic heterocycles. The lowest BCUT2D eigenvalue weighted by molar-refractivity contribution is -0.137. The topological polar surface area (TPSA) is 41.1 Å². The highest BCUT2D eigenvalue weighted by molar-refractivity contribution is 5.76. The Balaban J connectivity index is 1.76. The molecular weight excluding hydrogens is 281 g/mol. The monoisotopic (exact) mass is 300 g/mol. The second-order valence-corrected chi connectivity index (χ2v) is 5.30. The number of carbonyl (C=O) groups is 1. The molecule has 2 rings (SSSR count). The van der Waals surface area contributed by atoms with Gasteiger partial charge in [0.25, 0.3) is 0 Å². The van der Waals surface area contributed by atoms with Crippen molar-refractivity contribution in [3.63, 3.8) is 0 Å². The van der Waals surface area contributed by atoms with Crippen LogP contribution in [-0.2, 0) is 11.0 Å². The molecule has 1 aromatic rings. The number of rotatable bonds is 5. The predicted molar refractivity (Wildman–Crippen MR) is 74.9 cm³/mol. The van der Waals surface area contributed by atoms with Crippen molar-refractivity contribution in [2.75, 3.05) is 11.9 Å². The predicted octanol–water partition coefficient (Wildman–Crippen LogP) is 3.57. The van der Waals surface area contributed by atoms with Gasteiger partial charge in [-0.3, -0.25) is 4.79 Å². The fraction of sp³-hybridized carbons (Fsp3) is 0.533. The van der Waals surface area contributed by atoms with E-state index in [0.717, 1.165) is 37.8 Å². The van der Waals surface area contributed by atoms with Crippen molar-refractivity contribution >= 4 is 11.6 Å². The Bertz CT molecular complexity index is 482. The molecule has 0 spiro atoms. The highest BCUT2D eigenvalue weighted by Crippen LogP contribution is 2.30. The first-order valence-electron chi connectivity index (χ1n) is 7.15. The van der Waals surface area contributed by atoms with Crippen LogP contribution in [0.25, 0.3) is 0 Å². The van der Waals surface area contributed by atoms with Gasteiger partial charge in [-0.15, -0.1) is 0 Å². The smallest absolute Gasteiger partial charge is 0.385 e. The van der Waals surface area contributed by atoms with Crippen LogP contribution in [0.3, 0.4) is 0 Å². The minimum absolute atomic E-state index is 0.0543. The fourth-order valence-electron chi connectivity index (χ4n) is 2.50. The van der Waals surface area contributed by atoms with Crippen LogP contribution in [0.4, 0.5) is 18.9 Å². The number of hydrogen-bond donors (Lipinski definition) is 2. The molecule has 0 radical (unpaired) electrons. The molecule has 6 heteroatoms. The number of hydrogen-bond acceptors (Lipinski definition) is 2. The molecule has 1 saturated carbocycles. The summed E-state index contributed by atoms with van der Waals surface area (Å²) in [7, 11) is 0.